The van der Waals surface area contributed by atoms with E-state index in [2.05, 4.69) is 11.1 Å². The molecule has 0 saturated heterocycles. The van der Waals surface area contributed by atoms with Crippen molar-refractivity contribution >= 4 is 7.60 Å². The van der Waals surface area contributed by atoms with Gasteiger partial charge in [-0.3, -0.25) is 4.57 Å². The van der Waals surface area contributed by atoms with E-state index in [9.17, 15) is 4.57 Å². The number of hydrogen-bond acceptors (Lipinski definition) is 2. The molecule has 0 aliphatic carbocycles. The van der Waals surface area contributed by atoms with Crippen molar-refractivity contribution in [3.8, 4) is 0 Å². The molecule has 0 aromatic carbocycles. The van der Waals surface area contributed by atoms with Crippen LogP contribution in [0.15, 0.2) is 12.2 Å². The topological polar surface area (TPSA) is 46.5 Å². The highest BCUT2D eigenvalue weighted by Gasteiger charge is 2.15. The van der Waals surface area contributed by atoms with Crippen LogP contribution in [0.4, 0.5) is 0 Å². The first-order valence-electron chi connectivity index (χ1n) is 3.00. The maximum atomic E-state index is 10.8. The van der Waals surface area contributed by atoms with E-state index in [1.165, 1.54) is 7.11 Å². The Bertz CT molecular complexity index is 164. The largest absolute Gasteiger partial charge is 0.328 e. The second kappa shape index (κ2) is 3.91. The van der Waals surface area contributed by atoms with Gasteiger partial charge in [0.25, 0.3) is 0 Å². The van der Waals surface area contributed by atoms with Gasteiger partial charge < -0.3 is 9.42 Å². The van der Waals surface area contributed by atoms with Crippen LogP contribution in [0, 0.1) is 0 Å². The van der Waals surface area contributed by atoms with Crippen molar-refractivity contribution in [2.75, 3.05) is 13.3 Å². The van der Waals surface area contributed by atoms with E-state index in [0.29, 0.717) is 6.42 Å². The number of allylic oxidation sites excluding steroid dienone is 1. The molecule has 1 unspecified atom stereocenters. The lowest BCUT2D eigenvalue weighted by Gasteiger charge is -2.07. The average Bonchev–Trinajstić information content (AvgIpc) is 1.85. The standard InChI is InChI=1S/C6H13O3P/c1-6(2)4-5-10(7,8)9-3/h1,4-5H2,2-3H3,(H,7,8). The number of hydrogen-bond donors (Lipinski definition) is 1. The molecule has 3 nitrogen and oxygen atoms in total. The fourth-order valence-corrected chi connectivity index (χ4v) is 1.27. The number of rotatable bonds is 4. The molecule has 0 aliphatic heterocycles. The van der Waals surface area contributed by atoms with E-state index < -0.39 is 7.60 Å². The summed E-state index contributed by atoms with van der Waals surface area (Å²) in [6.07, 6.45) is 0.709. The van der Waals surface area contributed by atoms with E-state index in [1.54, 1.807) is 0 Å². The quantitative estimate of drug-likeness (QED) is 0.509. The second-order valence-corrected chi connectivity index (χ2v) is 4.34. The minimum Gasteiger partial charge on any atom is -0.324 e. The van der Waals surface area contributed by atoms with Gasteiger partial charge in [0.15, 0.2) is 0 Å². The molecular weight excluding hydrogens is 151 g/mol. The van der Waals surface area contributed by atoms with Crippen LogP contribution in [-0.4, -0.2) is 18.2 Å². The third-order valence-corrected chi connectivity index (χ3v) is 2.47. The van der Waals surface area contributed by atoms with Crippen LogP contribution in [0.1, 0.15) is 13.3 Å². The van der Waals surface area contributed by atoms with Gasteiger partial charge in [-0.15, -0.1) is 6.58 Å². The Labute approximate surface area is 61.2 Å². The highest BCUT2D eigenvalue weighted by Crippen LogP contribution is 2.41. The summed E-state index contributed by atoms with van der Waals surface area (Å²) in [5, 5.41) is 0. The SMILES string of the molecule is C=C(C)CCP(=O)(O)OC. The second-order valence-electron chi connectivity index (χ2n) is 2.25. The van der Waals surface area contributed by atoms with Gasteiger partial charge in [0.1, 0.15) is 0 Å². The van der Waals surface area contributed by atoms with Crippen molar-refractivity contribution in [1.82, 2.24) is 0 Å². The zero-order valence-electron chi connectivity index (χ0n) is 6.33. The summed E-state index contributed by atoms with van der Waals surface area (Å²) >= 11 is 0. The van der Waals surface area contributed by atoms with Gasteiger partial charge in [-0.2, -0.15) is 0 Å². The van der Waals surface area contributed by atoms with Crippen LogP contribution < -0.4 is 0 Å². The average molecular weight is 164 g/mol. The highest BCUT2D eigenvalue weighted by atomic mass is 31.2. The van der Waals surface area contributed by atoms with E-state index >= 15 is 0 Å². The molecule has 60 valence electrons. The lowest BCUT2D eigenvalue weighted by atomic mass is 10.3. The van der Waals surface area contributed by atoms with Gasteiger partial charge >= 0.3 is 7.60 Å². The molecule has 0 rings (SSSR count). The van der Waals surface area contributed by atoms with Gasteiger partial charge in [0, 0.05) is 7.11 Å². The molecule has 1 N–H and O–H groups in total. The first kappa shape index (κ1) is 9.89. The summed E-state index contributed by atoms with van der Waals surface area (Å²) in [5.41, 5.74) is 0.895. The molecule has 0 spiro atoms. The minimum atomic E-state index is -3.29. The Balaban J connectivity index is 3.68. The van der Waals surface area contributed by atoms with Crippen molar-refractivity contribution < 1.29 is 14.0 Å². The fraction of sp³-hybridized carbons (Fsp3) is 0.667. The van der Waals surface area contributed by atoms with Crippen molar-refractivity contribution in [3.05, 3.63) is 12.2 Å². The molecule has 0 radical (unpaired) electrons. The minimum absolute atomic E-state index is 0.166. The summed E-state index contributed by atoms with van der Waals surface area (Å²) in [4.78, 5) is 8.86. The van der Waals surface area contributed by atoms with E-state index in [-0.39, 0.29) is 6.16 Å². The summed E-state index contributed by atoms with van der Waals surface area (Å²) in [7, 11) is -2.05. The summed E-state index contributed by atoms with van der Waals surface area (Å²) in [5.74, 6) is 0. The maximum absolute atomic E-state index is 10.8. The normalized spacial score (nSPS) is 16.3. The molecule has 0 saturated carbocycles. The van der Waals surface area contributed by atoms with Crippen LogP contribution in [0.5, 0.6) is 0 Å². The molecule has 10 heavy (non-hydrogen) atoms. The molecule has 0 heterocycles. The highest BCUT2D eigenvalue weighted by molar-refractivity contribution is 7.52. The van der Waals surface area contributed by atoms with Gasteiger partial charge in [-0.1, -0.05) is 5.57 Å². The van der Waals surface area contributed by atoms with E-state index in [1.807, 2.05) is 6.92 Å². The van der Waals surface area contributed by atoms with E-state index in [4.69, 9.17) is 4.89 Å². The lowest BCUT2D eigenvalue weighted by molar-refractivity contribution is 0.316. The molecule has 0 aromatic heterocycles. The molecule has 0 aromatic rings. The van der Waals surface area contributed by atoms with Crippen LogP contribution in [0.2, 0.25) is 0 Å². The van der Waals surface area contributed by atoms with E-state index in [0.717, 1.165) is 5.57 Å². The molecule has 1 atom stereocenters. The van der Waals surface area contributed by atoms with Crippen LogP contribution in [-0.2, 0) is 9.09 Å². The van der Waals surface area contributed by atoms with Crippen LogP contribution >= 0.6 is 7.60 Å². The smallest absolute Gasteiger partial charge is 0.324 e. The predicted molar refractivity (Wildman–Crippen MR) is 41.1 cm³/mol. The van der Waals surface area contributed by atoms with Crippen molar-refractivity contribution in [2.45, 2.75) is 13.3 Å². The van der Waals surface area contributed by atoms with Crippen LogP contribution in [0.3, 0.4) is 0 Å². The lowest BCUT2D eigenvalue weighted by Crippen LogP contribution is -1.91. The summed E-state index contributed by atoms with van der Waals surface area (Å²) in [6.45, 7) is 5.42. The Morgan fingerprint density at radius 2 is 2.30 bits per heavy atom. The maximum Gasteiger partial charge on any atom is 0.328 e. The zero-order chi connectivity index (χ0) is 8.20. The first-order chi connectivity index (χ1) is 4.48. The monoisotopic (exact) mass is 164 g/mol. The molecule has 0 bridgehead atoms. The van der Waals surface area contributed by atoms with Crippen molar-refractivity contribution in [1.29, 1.82) is 0 Å². The van der Waals surface area contributed by atoms with Crippen molar-refractivity contribution in [2.24, 2.45) is 0 Å². The molecule has 0 aliphatic rings. The third kappa shape index (κ3) is 4.74. The van der Waals surface area contributed by atoms with Gasteiger partial charge in [-0.25, -0.2) is 0 Å². The molecular formula is C6H13O3P. The summed E-state index contributed by atoms with van der Waals surface area (Å²) in [6, 6.07) is 0. The van der Waals surface area contributed by atoms with Crippen molar-refractivity contribution in [3.63, 3.8) is 0 Å². The van der Waals surface area contributed by atoms with Gasteiger partial charge in [0.2, 0.25) is 0 Å². The Morgan fingerprint density at radius 1 is 1.80 bits per heavy atom. The summed E-state index contributed by atoms with van der Waals surface area (Å²) < 4.78 is 15.1. The predicted octanol–water partition coefficient (Wildman–Crippen LogP) is 1.78. The molecule has 4 heteroatoms. The third-order valence-electron chi connectivity index (χ3n) is 1.11. The first-order valence-corrected chi connectivity index (χ1v) is 4.76. The van der Waals surface area contributed by atoms with Gasteiger partial charge in [0.05, 0.1) is 6.16 Å². The molecule has 0 fully saturated rings. The Hall–Kier alpha value is -0.110. The Morgan fingerprint density at radius 3 is 2.60 bits per heavy atom. The zero-order valence-corrected chi connectivity index (χ0v) is 7.23. The van der Waals surface area contributed by atoms with Crippen LogP contribution in [0.25, 0.3) is 0 Å². The fourth-order valence-electron chi connectivity index (χ4n) is 0.423. The Kier molecular flexibility index (Phi) is 3.87. The molecule has 0 amide bonds. The van der Waals surface area contributed by atoms with Gasteiger partial charge in [-0.05, 0) is 13.3 Å².